The number of hydrogen-bond donors (Lipinski definition) is 0. The Labute approximate surface area is 162 Å². The zero-order valence-electron chi connectivity index (χ0n) is 16.0. The van der Waals surface area contributed by atoms with Crippen LogP contribution < -0.4 is 0 Å². The Morgan fingerprint density at radius 1 is 0.500 bits per heavy atom. The van der Waals surface area contributed by atoms with Crippen LogP contribution in [0.1, 0.15) is 25.0 Å². The third-order valence-electron chi connectivity index (χ3n) is 6.01. The van der Waals surface area contributed by atoms with Crippen molar-refractivity contribution in [1.82, 2.24) is 0 Å². The topological polar surface area (TPSA) is 26.3 Å². The molecule has 0 unspecified atom stereocenters. The van der Waals surface area contributed by atoms with Crippen molar-refractivity contribution in [2.45, 2.75) is 26.7 Å². The van der Waals surface area contributed by atoms with Crippen molar-refractivity contribution >= 4 is 54.6 Å². The molecule has 0 aliphatic carbocycles. The summed E-state index contributed by atoms with van der Waals surface area (Å²) in [5.74, 6) is 0. The van der Waals surface area contributed by atoms with E-state index < -0.39 is 0 Å². The predicted molar refractivity (Wildman–Crippen MR) is 117 cm³/mol. The van der Waals surface area contributed by atoms with E-state index in [1.54, 1.807) is 0 Å². The average Bonchev–Trinajstić information content (AvgIpc) is 3.30. The molecule has 0 radical (unpaired) electrons. The van der Waals surface area contributed by atoms with Gasteiger partial charge in [-0.25, -0.2) is 0 Å². The molecule has 28 heavy (non-hydrogen) atoms. The third kappa shape index (κ3) is 2.03. The maximum atomic E-state index is 6.28. The monoisotopic (exact) mass is 364 g/mol. The van der Waals surface area contributed by atoms with Crippen LogP contribution in [-0.2, 0) is 12.8 Å². The van der Waals surface area contributed by atoms with Crippen LogP contribution in [0.5, 0.6) is 0 Å². The molecule has 2 heterocycles. The Hall–Kier alpha value is -3.26. The van der Waals surface area contributed by atoms with Crippen molar-refractivity contribution in [3.05, 3.63) is 71.8 Å². The second-order valence-corrected chi connectivity index (χ2v) is 7.55. The first-order chi connectivity index (χ1) is 13.8. The summed E-state index contributed by atoms with van der Waals surface area (Å²) in [6.45, 7) is 4.36. The molecule has 136 valence electrons. The zero-order chi connectivity index (χ0) is 18.8. The van der Waals surface area contributed by atoms with Gasteiger partial charge < -0.3 is 8.83 Å². The van der Waals surface area contributed by atoms with Crippen molar-refractivity contribution in [2.75, 3.05) is 0 Å². The van der Waals surface area contributed by atoms with Gasteiger partial charge in [0.1, 0.15) is 22.3 Å². The summed E-state index contributed by atoms with van der Waals surface area (Å²) in [5, 5.41) is 6.92. The summed E-state index contributed by atoms with van der Waals surface area (Å²) in [6.07, 6.45) is 2.05. The number of hydrogen-bond acceptors (Lipinski definition) is 2. The molecule has 2 aromatic heterocycles. The molecule has 0 spiro atoms. The van der Waals surface area contributed by atoms with Crippen molar-refractivity contribution < 1.29 is 8.83 Å². The number of rotatable bonds is 2. The predicted octanol–water partition coefficient (Wildman–Crippen LogP) is 7.76. The largest absolute Gasteiger partial charge is 0.455 e. The first-order valence-corrected chi connectivity index (χ1v) is 9.99. The highest BCUT2D eigenvalue weighted by atomic mass is 16.3. The van der Waals surface area contributed by atoms with Gasteiger partial charge in [0.2, 0.25) is 0 Å². The van der Waals surface area contributed by atoms with Gasteiger partial charge in [0, 0.05) is 32.3 Å². The molecule has 6 aromatic rings. The Morgan fingerprint density at radius 3 is 1.29 bits per heavy atom. The summed E-state index contributed by atoms with van der Waals surface area (Å²) in [5.41, 5.74) is 6.42. The summed E-state index contributed by atoms with van der Waals surface area (Å²) >= 11 is 0. The highest BCUT2D eigenvalue weighted by molar-refractivity contribution is 6.22. The van der Waals surface area contributed by atoms with Crippen LogP contribution in [0.15, 0.2) is 69.5 Å². The van der Waals surface area contributed by atoms with E-state index >= 15 is 0 Å². The molecule has 2 heteroatoms. The first kappa shape index (κ1) is 15.8. The standard InChI is InChI=1S/C26H20O2/c1-3-15-5-11-23-21(13-15)19-9-7-18-17(25(19)27-23)8-10-20-22-14-16(4-2)6-12-24(22)28-26(18)20/h5-14H,3-4H2,1-2H3. The van der Waals surface area contributed by atoms with Crippen LogP contribution in [0.25, 0.3) is 54.6 Å². The van der Waals surface area contributed by atoms with Gasteiger partial charge in [0.15, 0.2) is 0 Å². The lowest BCUT2D eigenvalue weighted by molar-refractivity contribution is 0.669. The summed E-state index contributed by atoms with van der Waals surface area (Å²) in [4.78, 5) is 0. The Morgan fingerprint density at radius 2 is 0.893 bits per heavy atom. The van der Waals surface area contributed by atoms with E-state index in [4.69, 9.17) is 8.83 Å². The minimum Gasteiger partial charge on any atom is -0.455 e. The second-order valence-electron chi connectivity index (χ2n) is 7.55. The molecule has 2 nitrogen and oxygen atoms in total. The molecular weight excluding hydrogens is 344 g/mol. The molecule has 0 N–H and O–H groups in total. The molecule has 6 rings (SSSR count). The SMILES string of the molecule is CCc1ccc2oc3c(ccc4c3ccc3c5cc(CC)ccc5oc34)c2c1. The zero-order valence-corrected chi connectivity index (χ0v) is 16.0. The Kier molecular flexibility index (Phi) is 3.16. The van der Waals surface area contributed by atoms with Gasteiger partial charge in [-0.2, -0.15) is 0 Å². The summed E-state index contributed by atoms with van der Waals surface area (Å²) in [6, 6.07) is 21.7. The fourth-order valence-electron chi connectivity index (χ4n) is 4.41. The van der Waals surface area contributed by atoms with Gasteiger partial charge in [0.25, 0.3) is 0 Å². The minimum absolute atomic E-state index is 0.942. The van der Waals surface area contributed by atoms with Gasteiger partial charge >= 0.3 is 0 Å². The minimum atomic E-state index is 0.942. The van der Waals surface area contributed by atoms with Crippen molar-refractivity contribution in [3.8, 4) is 0 Å². The number of fused-ring (bicyclic) bond motifs is 9. The Balaban J connectivity index is 1.73. The fourth-order valence-corrected chi connectivity index (χ4v) is 4.41. The highest BCUT2D eigenvalue weighted by Crippen LogP contribution is 2.39. The van der Waals surface area contributed by atoms with Crippen molar-refractivity contribution in [3.63, 3.8) is 0 Å². The molecule has 0 bridgehead atoms. The lowest BCUT2D eigenvalue weighted by atomic mass is 10.0. The van der Waals surface area contributed by atoms with E-state index in [9.17, 15) is 0 Å². The lowest BCUT2D eigenvalue weighted by Crippen LogP contribution is -1.78. The molecule has 0 aliphatic rings. The molecule has 0 atom stereocenters. The fraction of sp³-hybridized carbons (Fsp3) is 0.154. The molecule has 0 aliphatic heterocycles. The third-order valence-corrected chi connectivity index (χ3v) is 6.01. The van der Waals surface area contributed by atoms with Gasteiger partial charge in [0.05, 0.1) is 0 Å². The smallest absolute Gasteiger partial charge is 0.143 e. The maximum absolute atomic E-state index is 6.28. The van der Waals surface area contributed by atoms with E-state index in [0.717, 1.165) is 45.9 Å². The molecule has 0 saturated heterocycles. The van der Waals surface area contributed by atoms with Crippen LogP contribution in [0, 0.1) is 0 Å². The Bertz CT molecular complexity index is 1410. The normalized spacial score (nSPS) is 12.2. The van der Waals surface area contributed by atoms with E-state index in [2.05, 4.69) is 74.5 Å². The quantitative estimate of drug-likeness (QED) is 0.314. The van der Waals surface area contributed by atoms with Crippen LogP contribution in [-0.4, -0.2) is 0 Å². The van der Waals surface area contributed by atoms with Gasteiger partial charge in [-0.3, -0.25) is 0 Å². The molecular formula is C26H20O2. The number of benzene rings is 4. The van der Waals surface area contributed by atoms with E-state index in [1.165, 1.54) is 32.7 Å². The second kappa shape index (κ2) is 5.62. The lowest BCUT2D eigenvalue weighted by Gasteiger charge is -2.00. The number of furan rings is 2. The molecule has 0 amide bonds. The van der Waals surface area contributed by atoms with E-state index in [-0.39, 0.29) is 0 Å². The number of aryl methyl sites for hydroxylation is 2. The van der Waals surface area contributed by atoms with Crippen LogP contribution in [0.2, 0.25) is 0 Å². The van der Waals surface area contributed by atoms with Gasteiger partial charge in [-0.05, 0) is 72.5 Å². The van der Waals surface area contributed by atoms with Crippen LogP contribution in [0.3, 0.4) is 0 Å². The summed E-state index contributed by atoms with van der Waals surface area (Å²) < 4.78 is 12.6. The van der Waals surface area contributed by atoms with Crippen molar-refractivity contribution in [1.29, 1.82) is 0 Å². The van der Waals surface area contributed by atoms with Crippen LogP contribution in [0.4, 0.5) is 0 Å². The average molecular weight is 364 g/mol. The van der Waals surface area contributed by atoms with E-state index in [0.29, 0.717) is 0 Å². The van der Waals surface area contributed by atoms with Gasteiger partial charge in [-0.15, -0.1) is 0 Å². The first-order valence-electron chi connectivity index (χ1n) is 9.99. The van der Waals surface area contributed by atoms with Crippen molar-refractivity contribution in [2.24, 2.45) is 0 Å². The highest BCUT2D eigenvalue weighted by Gasteiger charge is 2.15. The summed E-state index contributed by atoms with van der Waals surface area (Å²) in [7, 11) is 0. The molecule has 4 aromatic carbocycles. The van der Waals surface area contributed by atoms with E-state index in [1.807, 2.05) is 0 Å². The molecule has 0 fully saturated rings. The van der Waals surface area contributed by atoms with Crippen LogP contribution >= 0.6 is 0 Å². The maximum Gasteiger partial charge on any atom is 0.143 e. The molecule has 0 saturated carbocycles. The van der Waals surface area contributed by atoms with Gasteiger partial charge in [-0.1, -0.05) is 26.0 Å².